The lowest BCUT2D eigenvalue weighted by molar-refractivity contribution is -0.132. The van der Waals surface area contributed by atoms with Crippen molar-refractivity contribution >= 4 is 17.7 Å². The van der Waals surface area contributed by atoms with Crippen molar-refractivity contribution in [1.82, 2.24) is 10.2 Å². The summed E-state index contributed by atoms with van der Waals surface area (Å²) in [5, 5.41) is 2.93. The molecule has 2 fully saturated rings. The maximum atomic E-state index is 12.6. The number of carbonyl (C=O) groups excluding carboxylic acids is 3. The highest BCUT2D eigenvalue weighted by Gasteiger charge is 2.49. The zero-order chi connectivity index (χ0) is 14.6. The highest BCUT2D eigenvalue weighted by molar-refractivity contribution is 6.07. The molecule has 1 N–H and O–H groups in total. The lowest BCUT2D eigenvalue weighted by atomic mass is 9.84. The Balaban J connectivity index is 2.00. The van der Waals surface area contributed by atoms with Gasteiger partial charge in [-0.1, -0.05) is 32.1 Å². The normalized spacial score (nSPS) is 22.6. The molecule has 5 nitrogen and oxygen atoms in total. The summed E-state index contributed by atoms with van der Waals surface area (Å²) >= 11 is 0. The van der Waals surface area contributed by atoms with E-state index in [1.54, 1.807) is 0 Å². The van der Waals surface area contributed by atoms with Crippen molar-refractivity contribution in [3.63, 3.8) is 0 Å². The fourth-order valence-corrected chi connectivity index (χ4v) is 3.21. The van der Waals surface area contributed by atoms with Crippen LogP contribution in [0.3, 0.4) is 0 Å². The van der Waals surface area contributed by atoms with Crippen molar-refractivity contribution in [2.24, 2.45) is 0 Å². The zero-order valence-corrected chi connectivity index (χ0v) is 12.2. The minimum absolute atomic E-state index is 0.0760. The van der Waals surface area contributed by atoms with Gasteiger partial charge >= 0.3 is 6.03 Å². The summed E-state index contributed by atoms with van der Waals surface area (Å²) in [4.78, 5) is 36.9. The zero-order valence-electron chi connectivity index (χ0n) is 12.2. The summed E-state index contributed by atoms with van der Waals surface area (Å²) in [5.41, 5.74) is -0.659. The number of Topliss-reactive ketones (excluding diaryl/α,β-unsaturated/α-hetero) is 1. The van der Waals surface area contributed by atoms with Crippen molar-refractivity contribution in [2.75, 3.05) is 6.54 Å². The molecular weight excluding hydrogens is 256 g/mol. The van der Waals surface area contributed by atoms with Gasteiger partial charge in [0.25, 0.3) is 5.91 Å². The third kappa shape index (κ3) is 3.19. The predicted octanol–water partition coefficient (Wildman–Crippen LogP) is 2.39. The first kappa shape index (κ1) is 15.0. The standard InChI is InChI=1S/C15H24N2O3/c1-12(18)8-7-11-17-13(19)15(16-14(17)20)9-5-3-2-4-6-10-15/h2-11H2,1H3,(H,16,20). The molecule has 1 heterocycles. The second kappa shape index (κ2) is 6.37. The van der Waals surface area contributed by atoms with E-state index in [9.17, 15) is 14.4 Å². The predicted molar refractivity (Wildman–Crippen MR) is 75.2 cm³/mol. The highest BCUT2D eigenvalue weighted by Crippen LogP contribution is 2.32. The Hall–Kier alpha value is -1.39. The number of hydrogen-bond acceptors (Lipinski definition) is 3. The van der Waals surface area contributed by atoms with Crippen LogP contribution < -0.4 is 5.32 Å². The van der Waals surface area contributed by atoms with E-state index in [4.69, 9.17) is 0 Å². The molecule has 1 aliphatic heterocycles. The van der Waals surface area contributed by atoms with Crippen LogP contribution in [0.1, 0.15) is 64.7 Å². The molecule has 112 valence electrons. The van der Waals surface area contributed by atoms with Gasteiger partial charge in [-0.05, 0) is 26.2 Å². The third-order valence-electron chi connectivity index (χ3n) is 4.36. The maximum absolute atomic E-state index is 12.6. The molecule has 20 heavy (non-hydrogen) atoms. The Labute approximate surface area is 120 Å². The van der Waals surface area contributed by atoms with E-state index >= 15 is 0 Å². The van der Waals surface area contributed by atoms with Crippen molar-refractivity contribution in [3.8, 4) is 0 Å². The molecule has 2 aliphatic rings. The molecule has 0 aromatic carbocycles. The fraction of sp³-hybridized carbons (Fsp3) is 0.800. The average molecular weight is 280 g/mol. The van der Waals surface area contributed by atoms with Gasteiger partial charge < -0.3 is 10.1 Å². The van der Waals surface area contributed by atoms with E-state index in [1.165, 1.54) is 18.2 Å². The first-order chi connectivity index (χ1) is 9.55. The molecule has 0 radical (unpaired) electrons. The first-order valence-electron chi connectivity index (χ1n) is 7.69. The molecule has 0 bridgehead atoms. The number of nitrogens with zero attached hydrogens (tertiary/aromatic N) is 1. The van der Waals surface area contributed by atoms with E-state index < -0.39 is 5.54 Å². The van der Waals surface area contributed by atoms with Gasteiger partial charge in [-0.15, -0.1) is 0 Å². The smallest absolute Gasteiger partial charge is 0.323 e. The van der Waals surface area contributed by atoms with Crippen LogP contribution in [0.25, 0.3) is 0 Å². The van der Waals surface area contributed by atoms with Crippen molar-refractivity contribution in [3.05, 3.63) is 0 Å². The number of rotatable bonds is 4. The van der Waals surface area contributed by atoms with E-state index in [-0.39, 0.29) is 17.7 Å². The monoisotopic (exact) mass is 280 g/mol. The maximum Gasteiger partial charge on any atom is 0.325 e. The molecule has 1 spiro atoms. The van der Waals surface area contributed by atoms with Crippen LogP contribution in [-0.2, 0) is 9.59 Å². The number of nitrogens with one attached hydrogen (secondary N) is 1. The van der Waals surface area contributed by atoms with Crippen LogP contribution >= 0.6 is 0 Å². The molecular formula is C15H24N2O3. The fourth-order valence-electron chi connectivity index (χ4n) is 3.21. The quantitative estimate of drug-likeness (QED) is 0.804. The van der Waals surface area contributed by atoms with Crippen molar-refractivity contribution in [2.45, 2.75) is 70.3 Å². The summed E-state index contributed by atoms with van der Waals surface area (Å²) in [7, 11) is 0. The summed E-state index contributed by atoms with van der Waals surface area (Å²) in [6.07, 6.45) is 7.96. The lowest BCUT2D eigenvalue weighted by Crippen LogP contribution is -2.47. The summed E-state index contributed by atoms with van der Waals surface area (Å²) < 4.78 is 0. The third-order valence-corrected chi connectivity index (χ3v) is 4.36. The second-order valence-corrected chi connectivity index (χ2v) is 6.04. The number of ketones is 1. The largest absolute Gasteiger partial charge is 0.325 e. The van der Waals surface area contributed by atoms with E-state index in [0.29, 0.717) is 19.4 Å². The van der Waals surface area contributed by atoms with Crippen LogP contribution in [-0.4, -0.2) is 34.7 Å². The molecule has 0 unspecified atom stereocenters. The Morgan fingerprint density at radius 3 is 2.35 bits per heavy atom. The number of urea groups is 1. The Morgan fingerprint density at radius 1 is 1.15 bits per heavy atom. The molecule has 1 saturated heterocycles. The lowest BCUT2D eigenvalue weighted by Gasteiger charge is -2.28. The van der Waals surface area contributed by atoms with Gasteiger partial charge in [-0.3, -0.25) is 9.69 Å². The van der Waals surface area contributed by atoms with E-state index in [2.05, 4.69) is 5.32 Å². The molecule has 1 aliphatic carbocycles. The van der Waals surface area contributed by atoms with Crippen LogP contribution in [0, 0.1) is 0 Å². The van der Waals surface area contributed by atoms with Gasteiger partial charge in [0, 0.05) is 13.0 Å². The number of imide groups is 1. The minimum Gasteiger partial charge on any atom is -0.323 e. The second-order valence-electron chi connectivity index (χ2n) is 6.04. The highest BCUT2D eigenvalue weighted by atomic mass is 16.2. The van der Waals surface area contributed by atoms with Crippen LogP contribution in [0.5, 0.6) is 0 Å². The average Bonchev–Trinajstić information content (AvgIpc) is 2.59. The van der Waals surface area contributed by atoms with Crippen molar-refractivity contribution in [1.29, 1.82) is 0 Å². The van der Waals surface area contributed by atoms with Gasteiger partial charge in [0.1, 0.15) is 11.3 Å². The van der Waals surface area contributed by atoms with Crippen LogP contribution in [0.2, 0.25) is 0 Å². The molecule has 0 atom stereocenters. The molecule has 3 amide bonds. The SMILES string of the molecule is CC(=O)CCCN1C(=O)NC2(CCCCCCC2)C1=O. The molecule has 5 heteroatoms. The van der Waals surface area contributed by atoms with Gasteiger partial charge in [0.05, 0.1) is 0 Å². The summed E-state index contributed by atoms with van der Waals surface area (Å²) in [6, 6.07) is -0.279. The topological polar surface area (TPSA) is 66.5 Å². The van der Waals surface area contributed by atoms with Gasteiger partial charge in [-0.2, -0.15) is 0 Å². The minimum atomic E-state index is -0.659. The number of hydrogen-bond donors (Lipinski definition) is 1. The Morgan fingerprint density at radius 2 is 1.75 bits per heavy atom. The van der Waals surface area contributed by atoms with E-state index in [1.807, 2.05) is 0 Å². The molecule has 1 saturated carbocycles. The molecule has 0 aromatic rings. The van der Waals surface area contributed by atoms with Crippen LogP contribution in [0.4, 0.5) is 4.79 Å². The summed E-state index contributed by atoms with van der Waals surface area (Å²) in [6.45, 7) is 1.88. The van der Waals surface area contributed by atoms with Crippen molar-refractivity contribution < 1.29 is 14.4 Å². The Bertz CT molecular complexity index is 398. The first-order valence-corrected chi connectivity index (χ1v) is 7.69. The van der Waals surface area contributed by atoms with Gasteiger partial charge in [0.15, 0.2) is 0 Å². The van der Waals surface area contributed by atoms with Gasteiger partial charge in [0.2, 0.25) is 0 Å². The number of carbonyl (C=O) groups is 3. The molecule has 0 aromatic heterocycles. The van der Waals surface area contributed by atoms with Gasteiger partial charge in [-0.25, -0.2) is 4.79 Å². The number of amides is 3. The van der Waals surface area contributed by atoms with Crippen LogP contribution in [0.15, 0.2) is 0 Å². The molecule has 2 rings (SSSR count). The van der Waals surface area contributed by atoms with E-state index in [0.717, 1.165) is 38.5 Å². The summed E-state index contributed by atoms with van der Waals surface area (Å²) in [5.74, 6) is 0.0191. The Kier molecular flexibility index (Phi) is 4.78.